The Morgan fingerprint density at radius 2 is 1.60 bits per heavy atom. The van der Waals surface area contributed by atoms with Gasteiger partial charge in [-0.2, -0.15) is 0 Å². The van der Waals surface area contributed by atoms with Crippen LogP contribution in [0.15, 0.2) is 66.7 Å². The summed E-state index contributed by atoms with van der Waals surface area (Å²) in [4.78, 5) is 2.07. The molecule has 8 nitrogen and oxygen atoms in total. The van der Waals surface area contributed by atoms with Crippen LogP contribution in [-0.4, -0.2) is 73.9 Å². The molecule has 0 aromatic heterocycles. The first-order chi connectivity index (χ1) is 21.1. The van der Waals surface area contributed by atoms with Gasteiger partial charge < -0.3 is 38.6 Å². The minimum Gasteiger partial charge on any atom is -0.496 e. The lowest BCUT2D eigenvalue weighted by atomic mass is 9.87. The van der Waals surface area contributed by atoms with Crippen molar-refractivity contribution in [1.29, 1.82) is 0 Å². The van der Waals surface area contributed by atoms with Gasteiger partial charge in [-0.3, -0.25) is 0 Å². The molecule has 0 unspecified atom stereocenters. The van der Waals surface area contributed by atoms with Gasteiger partial charge in [-0.1, -0.05) is 36.4 Å². The van der Waals surface area contributed by atoms with Crippen molar-refractivity contribution in [3.05, 3.63) is 83.4 Å². The molecule has 4 rings (SSSR count). The van der Waals surface area contributed by atoms with Gasteiger partial charge in [0.2, 0.25) is 0 Å². The normalized spacial score (nSPS) is 16.6. The smallest absolute Gasteiger partial charge is 0.142 e. The van der Waals surface area contributed by atoms with Crippen molar-refractivity contribution in [1.82, 2.24) is 5.32 Å². The Bertz CT molecular complexity index is 1220. The Balaban J connectivity index is 1.24. The zero-order chi connectivity index (χ0) is 30.3. The van der Waals surface area contributed by atoms with E-state index in [1.807, 2.05) is 38.4 Å². The molecule has 3 aromatic carbocycles. The Labute approximate surface area is 257 Å². The molecule has 0 aliphatic carbocycles. The van der Waals surface area contributed by atoms with Gasteiger partial charge in [-0.15, -0.1) is 0 Å². The number of nitrogens with zero attached hydrogens (tertiary/aromatic N) is 1. The molecule has 1 aliphatic rings. The molecule has 0 bridgehead atoms. The number of ether oxygens (including phenoxy) is 6. The molecular formula is C35H48N2O6. The average Bonchev–Trinajstić information content (AvgIpc) is 3.04. The first-order valence-corrected chi connectivity index (χ1v) is 15.3. The molecule has 2 atom stereocenters. The fourth-order valence-electron chi connectivity index (χ4n) is 5.28. The van der Waals surface area contributed by atoms with Crippen LogP contribution in [0.2, 0.25) is 0 Å². The number of benzene rings is 3. The van der Waals surface area contributed by atoms with Gasteiger partial charge in [0.1, 0.15) is 17.2 Å². The highest BCUT2D eigenvalue weighted by Crippen LogP contribution is 2.32. The van der Waals surface area contributed by atoms with Crippen LogP contribution in [-0.2, 0) is 27.4 Å². The van der Waals surface area contributed by atoms with E-state index >= 15 is 0 Å². The van der Waals surface area contributed by atoms with Crippen molar-refractivity contribution < 1.29 is 28.4 Å². The molecule has 3 aromatic rings. The molecule has 1 heterocycles. The second-order valence-corrected chi connectivity index (χ2v) is 11.0. The van der Waals surface area contributed by atoms with Crippen LogP contribution in [0.4, 0.5) is 5.69 Å². The largest absolute Gasteiger partial charge is 0.496 e. The lowest BCUT2D eigenvalue weighted by molar-refractivity contribution is 0.0105. The topological polar surface area (TPSA) is 70.7 Å². The second kappa shape index (κ2) is 17.7. The maximum atomic E-state index is 6.51. The summed E-state index contributed by atoms with van der Waals surface area (Å²) in [5.74, 6) is 2.93. The summed E-state index contributed by atoms with van der Waals surface area (Å²) in [7, 11) is 7.45. The van der Waals surface area contributed by atoms with Gasteiger partial charge >= 0.3 is 0 Å². The maximum absolute atomic E-state index is 6.51. The van der Waals surface area contributed by atoms with E-state index in [0.717, 1.165) is 66.4 Å². The highest BCUT2D eigenvalue weighted by atomic mass is 16.5. The van der Waals surface area contributed by atoms with Crippen LogP contribution in [0.3, 0.4) is 0 Å². The molecule has 1 saturated heterocycles. The first-order valence-electron chi connectivity index (χ1n) is 15.3. The van der Waals surface area contributed by atoms with Crippen LogP contribution in [0.1, 0.15) is 41.9 Å². The summed E-state index contributed by atoms with van der Waals surface area (Å²) in [5, 5.41) is 3.51. The van der Waals surface area contributed by atoms with Gasteiger partial charge in [-0.05, 0) is 54.4 Å². The molecule has 0 saturated carbocycles. The van der Waals surface area contributed by atoms with Crippen molar-refractivity contribution in [2.45, 2.75) is 44.5 Å². The van der Waals surface area contributed by atoms with Crippen LogP contribution in [0.25, 0.3) is 0 Å². The van der Waals surface area contributed by atoms with E-state index in [1.165, 1.54) is 5.56 Å². The van der Waals surface area contributed by atoms with Gasteiger partial charge in [-0.25, -0.2) is 0 Å². The van der Waals surface area contributed by atoms with Crippen molar-refractivity contribution in [2.75, 3.05) is 72.7 Å². The van der Waals surface area contributed by atoms with Crippen molar-refractivity contribution in [2.24, 2.45) is 0 Å². The molecule has 1 N–H and O–H groups in total. The summed E-state index contributed by atoms with van der Waals surface area (Å²) in [6.07, 6.45) is 2.78. The Kier molecular flexibility index (Phi) is 13.4. The van der Waals surface area contributed by atoms with Crippen molar-refractivity contribution >= 4 is 5.69 Å². The van der Waals surface area contributed by atoms with Crippen molar-refractivity contribution in [3.63, 3.8) is 0 Å². The number of rotatable bonds is 18. The van der Waals surface area contributed by atoms with E-state index < -0.39 is 0 Å². The first kappa shape index (κ1) is 32.6. The van der Waals surface area contributed by atoms with Gasteiger partial charge in [0, 0.05) is 58.7 Å². The highest BCUT2D eigenvalue weighted by Gasteiger charge is 2.27. The SMILES string of the molecule is COCCCOc1cc(CO[C@H]2CNCC[C@@H]2c2ccc(OCCCOCc3ccccc3OC)cc2)ccc1N(C)C. The van der Waals surface area contributed by atoms with Crippen molar-refractivity contribution in [3.8, 4) is 17.2 Å². The Morgan fingerprint density at radius 3 is 2.40 bits per heavy atom. The van der Waals surface area contributed by atoms with E-state index in [0.29, 0.717) is 45.6 Å². The number of nitrogens with one attached hydrogen (secondary N) is 1. The van der Waals surface area contributed by atoms with Crippen LogP contribution < -0.4 is 24.4 Å². The maximum Gasteiger partial charge on any atom is 0.142 e. The summed E-state index contributed by atoms with van der Waals surface area (Å²) in [6.45, 7) is 5.41. The molecule has 8 heteroatoms. The predicted octanol–water partition coefficient (Wildman–Crippen LogP) is 5.82. The van der Waals surface area contributed by atoms with E-state index in [4.69, 9.17) is 28.4 Å². The molecule has 0 spiro atoms. The molecule has 43 heavy (non-hydrogen) atoms. The van der Waals surface area contributed by atoms with E-state index in [9.17, 15) is 0 Å². The lowest BCUT2D eigenvalue weighted by Crippen LogP contribution is -2.40. The molecular weight excluding hydrogens is 544 g/mol. The third kappa shape index (κ3) is 10.1. The van der Waals surface area contributed by atoms with Crippen LogP contribution >= 0.6 is 0 Å². The van der Waals surface area contributed by atoms with E-state index in [-0.39, 0.29) is 6.10 Å². The third-order valence-electron chi connectivity index (χ3n) is 7.61. The molecule has 1 fully saturated rings. The van der Waals surface area contributed by atoms with E-state index in [1.54, 1.807) is 14.2 Å². The monoisotopic (exact) mass is 592 g/mol. The Morgan fingerprint density at radius 1 is 0.814 bits per heavy atom. The van der Waals surface area contributed by atoms with Gasteiger partial charge in [0.15, 0.2) is 0 Å². The number of hydrogen-bond acceptors (Lipinski definition) is 8. The highest BCUT2D eigenvalue weighted by molar-refractivity contribution is 5.58. The minimum absolute atomic E-state index is 0.0838. The third-order valence-corrected chi connectivity index (χ3v) is 7.61. The zero-order valence-electron chi connectivity index (χ0n) is 26.2. The summed E-state index contributed by atoms with van der Waals surface area (Å²) >= 11 is 0. The number of hydrogen-bond donors (Lipinski definition) is 1. The number of anilines is 1. The second-order valence-electron chi connectivity index (χ2n) is 11.0. The molecule has 0 amide bonds. The quantitative estimate of drug-likeness (QED) is 0.185. The van der Waals surface area contributed by atoms with E-state index in [2.05, 4.69) is 52.7 Å². The lowest BCUT2D eigenvalue weighted by Gasteiger charge is -2.32. The molecule has 1 aliphatic heterocycles. The Hall–Kier alpha value is -3.30. The number of methoxy groups -OCH3 is 2. The fraction of sp³-hybridized carbons (Fsp3) is 0.486. The number of para-hydroxylation sites is 1. The van der Waals surface area contributed by atoms with Gasteiger partial charge in [0.25, 0.3) is 0 Å². The predicted molar refractivity (Wildman–Crippen MR) is 171 cm³/mol. The molecule has 0 radical (unpaired) electrons. The average molecular weight is 593 g/mol. The zero-order valence-corrected chi connectivity index (χ0v) is 26.2. The summed E-state index contributed by atoms with van der Waals surface area (Å²) in [6, 6.07) is 22.7. The molecule has 234 valence electrons. The van der Waals surface area contributed by atoms with Crippen LogP contribution in [0.5, 0.6) is 17.2 Å². The summed E-state index contributed by atoms with van der Waals surface area (Å²) < 4.78 is 35.0. The van der Waals surface area contributed by atoms with Crippen LogP contribution in [0, 0.1) is 0 Å². The number of piperidine rings is 1. The standard InChI is InChI=1S/C35H48N2O6/c1-37(2)32-16-11-27(23-34(32)42-22-7-19-38-3)25-43-35-24-36-18-17-31(35)28-12-14-30(15-13-28)41-21-8-20-40-26-29-9-5-6-10-33(29)39-4/h5-6,9-16,23,31,35-36H,7-8,17-22,24-26H2,1-4H3/t31-,35+/m1/s1. The van der Waals surface area contributed by atoms with Gasteiger partial charge in [0.05, 0.1) is 51.9 Å². The fourth-order valence-corrected chi connectivity index (χ4v) is 5.28. The minimum atomic E-state index is 0.0838. The summed E-state index contributed by atoms with van der Waals surface area (Å²) in [5.41, 5.74) is 4.49.